The molecule has 0 aliphatic rings. The summed E-state index contributed by atoms with van der Waals surface area (Å²) in [5.41, 5.74) is 0.680. The average molecular weight is 242 g/mol. The molecule has 0 heterocycles. The third-order valence-corrected chi connectivity index (χ3v) is 2.33. The van der Waals surface area contributed by atoms with Gasteiger partial charge in [0.15, 0.2) is 0 Å². The Kier molecular flexibility index (Phi) is 4.62. The highest BCUT2D eigenvalue weighted by Crippen LogP contribution is 2.21. The van der Waals surface area contributed by atoms with Gasteiger partial charge in [0.1, 0.15) is 11.6 Å². The number of aromatic hydroxyl groups is 1. The average Bonchev–Trinajstić information content (AvgIpc) is 2.24. The number of alkyl halides is 1. The van der Waals surface area contributed by atoms with Crippen molar-refractivity contribution in [2.24, 2.45) is 5.92 Å². The van der Waals surface area contributed by atoms with E-state index < -0.39 is 0 Å². The Balaban J connectivity index is 2.96. The normalized spacial score (nSPS) is 10.5. The van der Waals surface area contributed by atoms with Crippen LogP contribution in [0.15, 0.2) is 24.3 Å². The number of hydrogen-bond acceptors (Lipinski definition) is 2. The topological polar surface area (TPSA) is 40.5 Å². The lowest BCUT2D eigenvalue weighted by Gasteiger charge is -2.24. The third-order valence-electron chi connectivity index (χ3n) is 2.10. The molecular weight excluding hydrogens is 226 g/mol. The van der Waals surface area contributed by atoms with Crippen molar-refractivity contribution in [1.29, 1.82) is 0 Å². The molecule has 0 radical (unpaired) electrons. The largest absolute Gasteiger partial charge is 0.508 e. The number of amides is 1. The lowest BCUT2D eigenvalue weighted by molar-refractivity contribution is -0.116. The van der Waals surface area contributed by atoms with Gasteiger partial charge in [-0.05, 0) is 18.1 Å². The van der Waals surface area contributed by atoms with Crippen LogP contribution < -0.4 is 4.90 Å². The van der Waals surface area contributed by atoms with Gasteiger partial charge < -0.3 is 10.0 Å². The maximum absolute atomic E-state index is 11.7. The van der Waals surface area contributed by atoms with E-state index in [9.17, 15) is 9.90 Å². The Morgan fingerprint density at radius 1 is 1.50 bits per heavy atom. The molecule has 0 fully saturated rings. The highest BCUT2D eigenvalue weighted by Gasteiger charge is 2.16. The van der Waals surface area contributed by atoms with Crippen LogP contribution in [0.5, 0.6) is 5.75 Å². The van der Waals surface area contributed by atoms with Gasteiger partial charge in [0.25, 0.3) is 0 Å². The second-order valence-electron chi connectivity index (χ2n) is 4.05. The molecule has 0 aliphatic carbocycles. The number of hydrogen-bond donors (Lipinski definition) is 1. The fraction of sp³-hybridized carbons (Fsp3) is 0.417. The predicted molar refractivity (Wildman–Crippen MR) is 66.0 cm³/mol. The van der Waals surface area contributed by atoms with E-state index in [4.69, 9.17) is 11.6 Å². The van der Waals surface area contributed by atoms with Crippen LogP contribution in [-0.2, 0) is 4.79 Å². The Hall–Kier alpha value is -1.22. The summed E-state index contributed by atoms with van der Waals surface area (Å²) in [5, 5.41) is 9.38. The van der Waals surface area contributed by atoms with Crippen LogP contribution in [0, 0.1) is 5.92 Å². The molecule has 0 bridgehead atoms. The molecule has 1 N–H and O–H groups in total. The summed E-state index contributed by atoms with van der Waals surface area (Å²) in [6.45, 7) is 4.64. The van der Waals surface area contributed by atoms with E-state index >= 15 is 0 Å². The van der Waals surface area contributed by atoms with Gasteiger partial charge in [0.2, 0.25) is 5.91 Å². The van der Waals surface area contributed by atoms with Crippen molar-refractivity contribution < 1.29 is 9.90 Å². The Morgan fingerprint density at radius 2 is 2.19 bits per heavy atom. The maximum atomic E-state index is 11.7. The highest BCUT2D eigenvalue weighted by atomic mass is 35.5. The molecule has 0 aromatic heterocycles. The van der Waals surface area contributed by atoms with Crippen LogP contribution in [-0.4, -0.2) is 23.4 Å². The molecule has 1 aromatic carbocycles. The van der Waals surface area contributed by atoms with Gasteiger partial charge in [-0.1, -0.05) is 19.9 Å². The first-order chi connectivity index (χ1) is 7.54. The van der Waals surface area contributed by atoms with Crippen LogP contribution in [0.4, 0.5) is 5.69 Å². The first-order valence-corrected chi connectivity index (χ1v) is 5.73. The van der Waals surface area contributed by atoms with E-state index in [-0.39, 0.29) is 17.5 Å². The van der Waals surface area contributed by atoms with E-state index in [1.54, 1.807) is 29.2 Å². The number of phenols is 1. The van der Waals surface area contributed by atoms with E-state index in [0.29, 0.717) is 18.2 Å². The molecule has 0 unspecified atom stereocenters. The lowest BCUT2D eigenvalue weighted by Crippen LogP contribution is -2.35. The molecule has 0 spiro atoms. The van der Waals surface area contributed by atoms with Gasteiger partial charge in [0.05, 0.1) is 0 Å². The van der Waals surface area contributed by atoms with E-state index in [1.807, 2.05) is 13.8 Å². The molecule has 16 heavy (non-hydrogen) atoms. The van der Waals surface area contributed by atoms with Crippen molar-refractivity contribution in [1.82, 2.24) is 0 Å². The first-order valence-electron chi connectivity index (χ1n) is 5.20. The van der Waals surface area contributed by atoms with Crippen molar-refractivity contribution in [3.05, 3.63) is 24.3 Å². The number of nitrogens with zero attached hydrogens (tertiary/aromatic N) is 1. The van der Waals surface area contributed by atoms with Gasteiger partial charge in [-0.15, -0.1) is 11.6 Å². The van der Waals surface area contributed by atoms with Crippen molar-refractivity contribution in [2.45, 2.75) is 13.8 Å². The number of carbonyl (C=O) groups excluding carboxylic acids is 1. The standard InChI is InChI=1S/C12H16ClNO2/c1-9(2)8-14(12(16)7-13)10-4-3-5-11(15)6-10/h3-6,9,15H,7-8H2,1-2H3. The Labute approximate surface area is 101 Å². The minimum absolute atomic E-state index is 0.0532. The highest BCUT2D eigenvalue weighted by molar-refractivity contribution is 6.29. The summed E-state index contributed by atoms with van der Waals surface area (Å²) in [6, 6.07) is 6.63. The van der Waals surface area contributed by atoms with Gasteiger partial charge in [-0.3, -0.25) is 4.79 Å². The fourth-order valence-corrected chi connectivity index (χ4v) is 1.59. The smallest absolute Gasteiger partial charge is 0.241 e. The van der Waals surface area contributed by atoms with E-state index in [0.717, 1.165) is 0 Å². The Bertz CT molecular complexity index is 366. The second-order valence-corrected chi connectivity index (χ2v) is 4.32. The Morgan fingerprint density at radius 3 is 2.69 bits per heavy atom. The molecule has 88 valence electrons. The maximum Gasteiger partial charge on any atom is 0.241 e. The summed E-state index contributed by atoms with van der Waals surface area (Å²) in [7, 11) is 0. The predicted octanol–water partition coefficient (Wildman–Crippen LogP) is 2.62. The summed E-state index contributed by atoms with van der Waals surface area (Å²) in [4.78, 5) is 13.3. The minimum Gasteiger partial charge on any atom is -0.508 e. The summed E-state index contributed by atoms with van der Waals surface area (Å²) >= 11 is 5.57. The summed E-state index contributed by atoms with van der Waals surface area (Å²) in [5.74, 6) is 0.284. The van der Waals surface area contributed by atoms with Crippen LogP contribution in [0.2, 0.25) is 0 Å². The van der Waals surface area contributed by atoms with Gasteiger partial charge in [0, 0.05) is 18.3 Å². The van der Waals surface area contributed by atoms with E-state index in [1.165, 1.54) is 0 Å². The quantitative estimate of drug-likeness (QED) is 0.824. The third kappa shape index (κ3) is 3.42. The van der Waals surface area contributed by atoms with Crippen molar-refractivity contribution in [3.63, 3.8) is 0 Å². The number of phenolic OH excluding ortho intramolecular Hbond substituents is 1. The second kappa shape index (κ2) is 5.75. The molecule has 1 rings (SSSR count). The van der Waals surface area contributed by atoms with Crippen LogP contribution in [0.1, 0.15) is 13.8 Å². The van der Waals surface area contributed by atoms with Crippen molar-refractivity contribution in [3.8, 4) is 5.75 Å². The molecule has 0 aliphatic heterocycles. The monoisotopic (exact) mass is 241 g/mol. The number of rotatable bonds is 4. The molecule has 0 atom stereocenters. The fourth-order valence-electron chi connectivity index (χ4n) is 1.45. The number of benzene rings is 1. The molecular formula is C12H16ClNO2. The minimum atomic E-state index is -0.152. The molecule has 3 nitrogen and oxygen atoms in total. The molecule has 1 amide bonds. The van der Waals surface area contributed by atoms with Crippen LogP contribution in [0.25, 0.3) is 0 Å². The van der Waals surface area contributed by atoms with Crippen LogP contribution in [0.3, 0.4) is 0 Å². The van der Waals surface area contributed by atoms with Gasteiger partial charge in [-0.2, -0.15) is 0 Å². The SMILES string of the molecule is CC(C)CN(C(=O)CCl)c1cccc(O)c1. The van der Waals surface area contributed by atoms with Crippen molar-refractivity contribution >= 4 is 23.2 Å². The molecule has 0 saturated carbocycles. The lowest BCUT2D eigenvalue weighted by atomic mass is 10.2. The molecule has 1 aromatic rings. The number of halogens is 1. The van der Waals surface area contributed by atoms with Gasteiger partial charge in [-0.25, -0.2) is 0 Å². The van der Waals surface area contributed by atoms with Crippen molar-refractivity contribution in [2.75, 3.05) is 17.3 Å². The zero-order valence-electron chi connectivity index (χ0n) is 9.48. The van der Waals surface area contributed by atoms with E-state index in [2.05, 4.69) is 0 Å². The molecule has 4 heteroatoms. The zero-order chi connectivity index (χ0) is 12.1. The summed E-state index contributed by atoms with van der Waals surface area (Å²) < 4.78 is 0. The van der Waals surface area contributed by atoms with Gasteiger partial charge >= 0.3 is 0 Å². The number of anilines is 1. The summed E-state index contributed by atoms with van der Waals surface area (Å²) in [6.07, 6.45) is 0. The zero-order valence-corrected chi connectivity index (χ0v) is 10.2. The molecule has 0 saturated heterocycles. The number of carbonyl (C=O) groups is 1. The first kappa shape index (κ1) is 12.8. The van der Waals surface area contributed by atoms with Crippen LogP contribution >= 0.6 is 11.6 Å².